The largest absolute Gasteiger partial charge is 0.386 e. The molecular weight excluding hydrogens is 180 g/mol. The lowest BCUT2D eigenvalue weighted by atomic mass is 9.94. The van der Waals surface area contributed by atoms with Gasteiger partial charge in [0.2, 0.25) is 5.91 Å². The third kappa shape index (κ3) is 2.69. The van der Waals surface area contributed by atoms with Crippen LogP contribution in [-0.2, 0) is 4.79 Å². The van der Waals surface area contributed by atoms with Crippen molar-refractivity contribution in [1.29, 1.82) is 0 Å². The second kappa shape index (κ2) is 3.87. The number of hydrogen-bond donors (Lipinski definition) is 2. The Labute approximate surface area is 85.1 Å². The molecule has 0 aliphatic carbocycles. The molecule has 1 aliphatic heterocycles. The van der Waals surface area contributed by atoms with Crippen LogP contribution in [0.2, 0.25) is 0 Å². The van der Waals surface area contributed by atoms with E-state index in [4.69, 9.17) is 5.73 Å². The van der Waals surface area contributed by atoms with Gasteiger partial charge < -0.3 is 15.7 Å². The van der Waals surface area contributed by atoms with Gasteiger partial charge in [0.25, 0.3) is 0 Å². The molecule has 0 aromatic carbocycles. The van der Waals surface area contributed by atoms with Crippen LogP contribution in [0.4, 0.5) is 0 Å². The zero-order valence-electron chi connectivity index (χ0n) is 9.16. The molecule has 0 unspecified atom stereocenters. The number of rotatable bonds is 3. The maximum atomic E-state index is 11.6. The molecule has 1 aliphatic rings. The predicted octanol–water partition coefficient (Wildman–Crippen LogP) is -0.0470. The van der Waals surface area contributed by atoms with Crippen molar-refractivity contribution in [3.8, 4) is 0 Å². The summed E-state index contributed by atoms with van der Waals surface area (Å²) in [5, 5.41) is 9.46. The Balaban J connectivity index is 2.36. The molecule has 82 valence electrons. The summed E-state index contributed by atoms with van der Waals surface area (Å²) in [5.74, 6) is 0.390. The fourth-order valence-corrected chi connectivity index (χ4v) is 1.78. The zero-order chi connectivity index (χ0) is 10.9. The average molecular weight is 200 g/mol. The smallest absolute Gasteiger partial charge is 0.239 e. The van der Waals surface area contributed by atoms with E-state index >= 15 is 0 Å². The average Bonchev–Trinajstić information content (AvgIpc) is 1.97. The normalized spacial score (nSPS) is 22.0. The molecule has 0 aromatic rings. The second-order valence-corrected chi connectivity index (χ2v) is 4.93. The molecular formula is C10H20N2O2. The van der Waals surface area contributed by atoms with Crippen molar-refractivity contribution in [1.82, 2.24) is 4.90 Å². The van der Waals surface area contributed by atoms with E-state index in [2.05, 4.69) is 0 Å². The molecule has 14 heavy (non-hydrogen) atoms. The van der Waals surface area contributed by atoms with E-state index < -0.39 is 11.6 Å². The van der Waals surface area contributed by atoms with Gasteiger partial charge in [0.1, 0.15) is 0 Å². The topological polar surface area (TPSA) is 66.6 Å². The highest BCUT2D eigenvalue weighted by Gasteiger charge is 2.40. The van der Waals surface area contributed by atoms with Crippen LogP contribution in [-0.4, -0.2) is 40.6 Å². The molecule has 1 heterocycles. The Hall–Kier alpha value is -0.610. The number of nitrogens with two attached hydrogens (primary N) is 1. The van der Waals surface area contributed by atoms with E-state index in [9.17, 15) is 9.90 Å². The minimum atomic E-state index is -0.701. The molecule has 1 atom stereocenters. The number of likely N-dealkylation sites (tertiary alicyclic amines) is 1. The summed E-state index contributed by atoms with van der Waals surface area (Å²) in [5.41, 5.74) is 5.04. The van der Waals surface area contributed by atoms with Crippen molar-refractivity contribution < 1.29 is 9.90 Å². The molecule has 0 spiro atoms. The lowest BCUT2D eigenvalue weighted by molar-refractivity contribution is -0.154. The first-order valence-corrected chi connectivity index (χ1v) is 5.08. The molecule has 1 saturated heterocycles. The van der Waals surface area contributed by atoms with Crippen LogP contribution in [0.15, 0.2) is 0 Å². The lowest BCUT2D eigenvalue weighted by Gasteiger charge is -2.45. The van der Waals surface area contributed by atoms with Crippen LogP contribution in [0.5, 0.6) is 0 Å². The maximum Gasteiger partial charge on any atom is 0.239 e. The number of aliphatic hydroxyl groups is 1. The van der Waals surface area contributed by atoms with E-state index in [1.807, 2.05) is 13.8 Å². The molecule has 4 heteroatoms. The minimum absolute atomic E-state index is 0.0368. The highest BCUT2D eigenvalue weighted by atomic mass is 16.3. The standard InChI is InChI=1S/C10H20N2O2/c1-7(2)4-8(11)9(13)12-5-10(3,14)6-12/h7-8,14H,4-6,11H2,1-3H3/t8-/m1/s1. The van der Waals surface area contributed by atoms with E-state index in [1.165, 1.54) is 0 Å². The molecule has 0 bridgehead atoms. The van der Waals surface area contributed by atoms with E-state index in [0.717, 1.165) is 0 Å². The van der Waals surface area contributed by atoms with Gasteiger partial charge in [-0.3, -0.25) is 4.79 Å². The Kier molecular flexibility index (Phi) is 3.17. The van der Waals surface area contributed by atoms with Crippen LogP contribution in [0.1, 0.15) is 27.2 Å². The van der Waals surface area contributed by atoms with Gasteiger partial charge in [-0.25, -0.2) is 0 Å². The second-order valence-electron chi connectivity index (χ2n) is 4.93. The van der Waals surface area contributed by atoms with Crippen molar-refractivity contribution in [2.45, 2.75) is 38.8 Å². The van der Waals surface area contributed by atoms with Gasteiger partial charge in [0.05, 0.1) is 24.7 Å². The van der Waals surface area contributed by atoms with E-state index in [-0.39, 0.29) is 5.91 Å². The van der Waals surface area contributed by atoms with Crippen LogP contribution >= 0.6 is 0 Å². The lowest BCUT2D eigenvalue weighted by Crippen LogP contribution is -2.64. The number of carbonyl (C=O) groups excluding carboxylic acids is 1. The van der Waals surface area contributed by atoms with Gasteiger partial charge in [-0.2, -0.15) is 0 Å². The van der Waals surface area contributed by atoms with Gasteiger partial charge in [0, 0.05) is 0 Å². The van der Waals surface area contributed by atoms with Gasteiger partial charge >= 0.3 is 0 Å². The van der Waals surface area contributed by atoms with Gasteiger partial charge in [-0.1, -0.05) is 13.8 Å². The summed E-state index contributed by atoms with van der Waals surface area (Å²) in [7, 11) is 0. The summed E-state index contributed by atoms with van der Waals surface area (Å²) in [6.07, 6.45) is 0.706. The molecule has 1 fully saturated rings. The molecule has 0 aromatic heterocycles. The summed E-state index contributed by atoms with van der Waals surface area (Å²) < 4.78 is 0. The Morgan fingerprint density at radius 1 is 1.57 bits per heavy atom. The van der Waals surface area contributed by atoms with Crippen LogP contribution in [0.25, 0.3) is 0 Å². The third-order valence-electron chi connectivity index (χ3n) is 2.42. The van der Waals surface area contributed by atoms with Crippen LogP contribution in [0, 0.1) is 5.92 Å². The number of carbonyl (C=O) groups is 1. The maximum absolute atomic E-state index is 11.6. The van der Waals surface area contributed by atoms with Crippen molar-refractivity contribution in [2.24, 2.45) is 11.7 Å². The molecule has 4 nitrogen and oxygen atoms in total. The van der Waals surface area contributed by atoms with Crippen molar-refractivity contribution in [2.75, 3.05) is 13.1 Å². The van der Waals surface area contributed by atoms with Gasteiger partial charge in [-0.05, 0) is 19.3 Å². The van der Waals surface area contributed by atoms with E-state index in [1.54, 1.807) is 11.8 Å². The SMILES string of the molecule is CC(C)C[C@@H](N)C(=O)N1CC(C)(O)C1. The van der Waals surface area contributed by atoms with Crippen molar-refractivity contribution in [3.05, 3.63) is 0 Å². The van der Waals surface area contributed by atoms with Crippen molar-refractivity contribution in [3.63, 3.8) is 0 Å². The molecule has 0 radical (unpaired) electrons. The predicted molar refractivity (Wildman–Crippen MR) is 54.6 cm³/mol. The Morgan fingerprint density at radius 2 is 2.07 bits per heavy atom. The molecule has 1 rings (SSSR count). The summed E-state index contributed by atoms with van der Waals surface area (Å²) in [6, 6.07) is -0.411. The quantitative estimate of drug-likeness (QED) is 0.671. The first kappa shape index (κ1) is 11.5. The monoisotopic (exact) mass is 200 g/mol. The van der Waals surface area contributed by atoms with Gasteiger partial charge in [-0.15, -0.1) is 0 Å². The van der Waals surface area contributed by atoms with Crippen LogP contribution in [0.3, 0.4) is 0 Å². The van der Waals surface area contributed by atoms with E-state index in [0.29, 0.717) is 25.4 Å². The highest BCUT2D eigenvalue weighted by molar-refractivity contribution is 5.82. The third-order valence-corrected chi connectivity index (χ3v) is 2.42. The summed E-state index contributed by atoms with van der Waals surface area (Å²) >= 11 is 0. The molecule has 0 saturated carbocycles. The number of hydrogen-bond acceptors (Lipinski definition) is 3. The number of β-amino-alcohol motifs (C(OH)–C–C–N with tert-alkyl or cyclic N) is 1. The fraction of sp³-hybridized carbons (Fsp3) is 0.900. The first-order chi connectivity index (χ1) is 6.32. The minimum Gasteiger partial charge on any atom is -0.386 e. The van der Waals surface area contributed by atoms with Crippen LogP contribution < -0.4 is 5.73 Å². The molecule has 1 amide bonds. The summed E-state index contributed by atoms with van der Waals surface area (Å²) in [4.78, 5) is 13.3. The van der Waals surface area contributed by atoms with Crippen molar-refractivity contribution >= 4 is 5.91 Å². The highest BCUT2D eigenvalue weighted by Crippen LogP contribution is 2.21. The first-order valence-electron chi connectivity index (χ1n) is 5.08. The molecule has 3 N–H and O–H groups in total. The zero-order valence-corrected chi connectivity index (χ0v) is 9.16. The Morgan fingerprint density at radius 3 is 2.43 bits per heavy atom. The number of amides is 1. The fourth-order valence-electron chi connectivity index (χ4n) is 1.78. The van der Waals surface area contributed by atoms with Gasteiger partial charge in [0.15, 0.2) is 0 Å². The Bertz CT molecular complexity index is 211. The number of nitrogens with zero attached hydrogens (tertiary/aromatic N) is 1. The summed E-state index contributed by atoms with van der Waals surface area (Å²) in [6.45, 7) is 6.64.